The lowest BCUT2D eigenvalue weighted by Gasteiger charge is -2.44. The number of carbonyl (C=O) groups excluding carboxylic acids is 1. The van der Waals surface area contributed by atoms with Gasteiger partial charge in [0.05, 0.1) is 11.0 Å². The maximum atomic E-state index is 14.3. The van der Waals surface area contributed by atoms with Gasteiger partial charge in [0.2, 0.25) is 0 Å². The number of hydrogen-bond acceptors (Lipinski definition) is 4. The van der Waals surface area contributed by atoms with Crippen LogP contribution in [0.5, 0.6) is 5.75 Å². The molecule has 4 atom stereocenters. The number of nitrogens with one attached hydrogen (secondary N) is 1. The van der Waals surface area contributed by atoms with Crippen LogP contribution in [-0.4, -0.2) is 24.7 Å². The molecule has 2 fully saturated rings. The Labute approximate surface area is 155 Å². The lowest BCUT2D eigenvalue weighted by Crippen LogP contribution is -2.47. The average molecular weight is 363 g/mol. The van der Waals surface area contributed by atoms with Crippen molar-refractivity contribution < 1.29 is 19.0 Å². The van der Waals surface area contributed by atoms with Gasteiger partial charge in [-0.05, 0) is 76.6 Å². The van der Waals surface area contributed by atoms with Crippen molar-refractivity contribution in [3.8, 4) is 5.75 Å². The Morgan fingerprint density at radius 2 is 2.08 bits per heavy atom. The fraction of sp³-hybridized carbons (Fsp3) is 0.667. The first-order valence-corrected chi connectivity index (χ1v) is 9.54. The Kier molecular flexibility index (Phi) is 5.15. The van der Waals surface area contributed by atoms with E-state index in [0.717, 1.165) is 19.3 Å². The summed E-state index contributed by atoms with van der Waals surface area (Å²) in [6.07, 6.45) is 4.00. The third-order valence-electron chi connectivity index (χ3n) is 5.98. The minimum atomic E-state index is -1.10. The Hall–Kier alpha value is -1.46. The minimum Gasteiger partial charge on any atom is -0.426 e. The summed E-state index contributed by atoms with van der Waals surface area (Å²) >= 11 is 0. The van der Waals surface area contributed by atoms with E-state index in [-0.39, 0.29) is 11.7 Å². The molecule has 0 amide bonds. The van der Waals surface area contributed by atoms with Crippen molar-refractivity contribution in [3.05, 3.63) is 29.6 Å². The smallest absolute Gasteiger partial charge is 0.316 e. The second kappa shape index (κ2) is 6.93. The van der Waals surface area contributed by atoms with Crippen LogP contribution in [0.2, 0.25) is 0 Å². The second-order valence-corrected chi connectivity index (χ2v) is 9.05. The van der Waals surface area contributed by atoms with Crippen LogP contribution >= 0.6 is 0 Å². The zero-order valence-corrected chi connectivity index (χ0v) is 16.1. The lowest BCUT2D eigenvalue weighted by molar-refractivity contribution is -0.143. The number of hydrogen-bond donors (Lipinski definition) is 2. The third kappa shape index (κ3) is 3.65. The number of esters is 1. The van der Waals surface area contributed by atoms with E-state index in [1.54, 1.807) is 26.8 Å². The SMILES string of the molecule is CNCC1C2CC[C@H](C2)CC1(O)c1cc(F)cc(OC(=O)C(C)(C)C)c1. The Bertz CT molecular complexity index is 684. The van der Waals surface area contributed by atoms with Gasteiger partial charge >= 0.3 is 5.97 Å². The fourth-order valence-corrected chi connectivity index (χ4v) is 4.66. The summed E-state index contributed by atoms with van der Waals surface area (Å²) in [6, 6.07) is 4.24. The zero-order valence-electron chi connectivity index (χ0n) is 16.1. The van der Waals surface area contributed by atoms with Crippen molar-refractivity contribution in [2.75, 3.05) is 13.6 Å². The van der Waals surface area contributed by atoms with E-state index >= 15 is 0 Å². The van der Waals surface area contributed by atoms with Crippen LogP contribution in [0, 0.1) is 29.0 Å². The molecule has 5 heteroatoms. The van der Waals surface area contributed by atoms with Gasteiger partial charge in [0.15, 0.2) is 0 Å². The van der Waals surface area contributed by atoms with Crippen molar-refractivity contribution in [1.29, 1.82) is 0 Å². The Morgan fingerprint density at radius 1 is 1.35 bits per heavy atom. The molecule has 26 heavy (non-hydrogen) atoms. The number of aliphatic hydroxyl groups is 1. The molecule has 3 unspecified atom stereocenters. The molecule has 0 saturated heterocycles. The molecule has 2 saturated carbocycles. The number of benzene rings is 1. The number of ether oxygens (including phenoxy) is 1. The highest BCUT2D eigenvalue weighted by Crippen LogP contribution is 2.54. The summed E-state index contributed by atoms with van der Waals surface area (Å²) in [5.74, 6) is 0.191. The summed E-state index contributed by atoms with van der Waals surface area (Å²) < 4.78 is 19.7. The van der Waals surface area contributed by atoms with Crippen molar-refractivity contribution >= 4 is 5.97 Å². The van der Waals surface area contributed by atoms with E-state index in [1.807, 2.05) is 7.05 Å². The van der Waals surface area contributed by atoms with E-state index < -0.39 is 22.8 Å². The molecule has 1 aromatic carbocycles. The molecule has 1 aromatic rings. The molecule has 0 radical (unpaired) electrons. The van der Waals surface area contributed by atoms with Gasteiger partial charge in [-0.2, -0.15) is 0 Å². The van der Waals surface area contributed by atoms with Gasteiger partial charge in [-0.15, -0.1) is 0 Å². The highest BCUT2D eigenvalue weighted by Gasteiger charge is 2.51. The molecule has 0 spiro atoms. The number of carbonyl (C=O) groups is 1. The monoisotopic (exact) mass is 363 g/mol. The number of halogens is 1. The maximum Gasteiger partial charge on any atom is 0.316 e. The van der Waals surface area contributed by atoms with Crippen LogP contribution in [0.25, 0.3) is 0 Å². The van der Waals surface area contributed by atoms with Gasteiger partial charge in [-0.3, -0.25) is 4.79 Å². The van der Waals surface area contributed by atoms with Gasteiger partial charge in [-0.25, -0.2) is 4.39 Å². The highest BCUT2D eigenvalue weighted by atomic mass is 19.1. The van der Waals surface area contributed by atoms with Crippen molar-refractivity contribution in [3.63, 3.8) is 0 Å². The van der Waals surface area contributed by atoms with Crippen molar-refractivity contribution in [2.24, 2.45) is 23.2 Å². The summed E-state index contributed by atoms with van der Waals surface area (Å²) in [5, 5.41) is 14.8. The molecule has 0 aliphatic heterocycles. The van der Waals surface area contributed by atoms with Crippen LogP contribution in [0.15, 0.2) is 18.2 Å². The largest absolute Gasteiger partial charge is 0.426 e. The molecule has 2 aliphatic carbocycles. The van der Waals surface area contributed by atoms with E-state index in [2.05, 4.69) is 5.32 Å². The molecule has 3 rings (SSSR count). The molecule has 0 aromatic heterocycles. The summed E-state index contributed by atoms with van der Waals surface area (Å²) in [6.45, 7) is 5.95. The van der Waals surface area contributed by atoms with Gasteiger partial charge in [0, 0.05) is 18.5 Å². The molecule has 2 bridgehead atoms. The number of rotatable bonds is 4. The fourth-order valence-electron chi connectivity index (χ4n) is 4.66. The van der Waals surface area contributed by atoms with Crippen LogP contribution in [0.3, 0.4) is 0 Å². The van der Waals surface area contributed by atoms with E-state index in [1.165, 1.54) is 12.1 Å². The average Bonchev–Trinajstić information content (AvgIpc) is 2.93. The first-order chi connectivity index (χ1) is 12.1. The molecular weight excluding hydrogens is 333 g/mol. The maximum absolute atomic E-state index is 14.3. The van der Waals surface area contributed by atoms with Gasteiger partial charge in [0.1, 0.15) is 11.6 Å². The number of fused-ring (bicyclic) bond motifs is 2. The van der Waals surface area contributed by atoms with E-state index in [0.29, 0.717) is 30.4 Å². The van der Waals surface area contributed by atoms with Gasteiger partial charge < -0.3 is 15.2 Å². The van der Waals surface area contributed by atoms with Gasteiger partial charge in [-0.1, -0.05) is 6.42 Å². The molecule has 0 heterocycles. The van der Waals surface area contributed by atoms with Crippen LogP contribution in [-0.2, 0) is 10.4 Å². The molecular formula is C21H30FNO3. The predicted molar refractivity (Wildman–Crippen MR) is 98.3 cm³/mol. The highest BCUT2D eigenvalue weighted by molar-refractivity contribution is 5.77. The summed E-state index contributed by atoms with van der Waals surface area (Å²) in [4.78, 5) is 12.2. The van der Waals surface area contributed by atoms with Crippen LogP contribution in [0.1, 0.15) is 52.0 Å². The zero-order chi connectivity index (χ0) is 19.1. The minimum absolute atomic E-state index is 0.0271. The third-order valence-corrected chi connectivity index (χ3v) is 5.98. The van der Waals surface area contributed by atoms with Crippen LogP contribution in [0.4, 0.5) is 4.39 Å². The molecule has 144 valence electrons. The normalized spacial score (nSPS) is 31.1. The van der Waals surface area contributed by atoms with Gasteiger partial charge in [0.25, 0.3) is 0 Å². The topological polar surface area (TPSA) is 58.6 Å². The second-order valence-electron chi connectivity index (χ2n) is 9.05. The first kappa shape index (κ1) is 19.3. The van der Waals surface area contributed by atoms with E-state index in [4.69, 9.17) is 4.74 Å². The standard InChI is InChI=1S/C21H30FNO3/c1-20(2,3)19(24)26-17-9-15(8-16(22)10-17)21(25)11-13-5-6-14(7-13)18(21)12-23-4/h8-10,13-14,18,23,25H,5-7,11-12H2,1-4H3/t13-,14?,18?,21?/m1/s1. The summed E-state index contributed by atoms with van der Waals surface area (Å²) in [5.41, 5.74) is -1.26. The summed E-state index contributed by atoms with van der Waals surface area (Å²) in [7, 11) is 1.88. The molecule has 4 nitrogen and oxygen atoms in total. The molecule has 2 aliphatic rings. The van der Waals surface area contributed by atoms with E-state index in [9.17, 15) is 14.3 Å². The lowest BCUT2D eigenvalue weighted by atomic mass is 9.66. The quantitative estimate of drug-likeness (QED) is 0.634. The van der Waals surface area contributed by atoms with Crippen LogP contribution < -0.4 is 10.1 Å². The van der Waals surface area contributed by atoms with Crippen molar-refractivity contribution in [2.45, 2.75) is 52.1 Å². The first-order valence-electron chi connectivity index (χ1n) is 9.54. The Morgan fingerprint density at radius 3 is 2.73 bits per heavy atom. The predicted octanol–water partition coefficient (Wildman–Crippen LogP) is 3.62. The molecule has 2 N–H and O–H groups in total. The van der Waals surface area contributed by atoms with Crippen molar-refractivity contribution in [1.82, 2.24) is 5.32 Å². The Balaban J connectivity index is 1.95.